The zero-order valence-electron chi connectivity index (χ0n) is 11.1. The van der Waals surface area contributed by atoms with E-state index in [1.54, 1.807) is 31.2 Å². The first-order chi connectivity index (χ1) is 9.44. The molecule has 0 spiro atoms. The summed E-state index contributed by atoms with van der Waals surface area (Å²) in [6.45, 7) is 1.71. The summed E-state index contributed by atoms with van der Waals surface area (Å²) in [4.78, 5) is 0.176. The van der Waals surface area contributed by atoms with Crippen LogP contribution in [0.2, 0.25) is 0 Å². The van der Waals surface area contributed by atoms with Gasteiger partial charge in [-0.1, -0.05) is 18.2 Å². The van der Waals surface area contributed by atoms with Crippen LogP contribution in [0.5, 0.6) is 11.5 Å². The van der Waals surface area contributed by atoms with Gasteiger partial charge in [0.05, 0.1) is 17.7 Å². The van der Waals surface area contributed by atoms with Gasteiger partial charge in [-0.15, -0.1) is 0 Å². The van der Waals surface area contributed by atoms with Crippen molar-refractivity contribution in [3.8, 4) is 11.5 Å². The van der Waals surface area contributed by atoms with Gasteiger partial charge in [-0.25, -0.2) is 8.42 Å². The lowest BCUT2D eigenvalue weighted by molar-refractivity contribution is 0.408. The highest BCUT2D eigenvalue weighted by Crippen LogP contribution is 2.30. The molecule has 0 unspecified atom stereocenters. The van der Waals surface area contributed by atoms with Gasteiger partial charge < -0.3 is 9.84 Å². The lowest BCUT2D eigenvalue weighted by atomic mass is 10.2. The number of ether oxygens (including phenoxy) is 1. The van der Waals surface area contributed by atoms with Gasteiger partial charge in [0.15, 0.2) is 0 Å². The molecule has 0 aliphatic heterocycles. The smallest absolute Gasteiger partial charge is 0.262 e. The van der Waals surface area contributed by atoms with E-state index in [0.29, 0.717) is 11.3 Å². The molecule has 106 valence electrons. The van der Waals surface area contributed by atoms with Crippen molar-refractivity contribution in [2.45, 2.75) is 11.8 Å². The molecule has 6 heteroatoms. The van der Waals surface area contributed by atoms with E-state index in [1.807, 2.05) is 0 Å². The molecule has 0 saturated carbocycles. The number of anilines is 1. The van der Waals surface area contributed by atoms with E-state index < -0.39 is 10.0 Å². The van der Waals surface area contributed by atoms with Crippen molar-refractivity contribution in [2.24, 2.45) is 0 Å². The van der Waals surface area contributed by atoms with Gasteiger partial charge in [-0.2, -0.15) is 0 Å². The third-order valence-corrected chi connectivity index (χ3v) is 4.36. The van der Waals surface area contributed by atoms with E-state index >= 15 is 0 Å². The molecular formula is C14H15NO4S. The van der Waals surface area contributed by atoms with E-state index in [0.717, 1.165) is 0 Å². The molecule has 2 N–H and O–H groups in total. The van der Waals surface area contributed by atoms with Gasteiger partial charge in [0.25, 0.3) is 10.0 Å². The lowest BCUT2D eigenvalue weighted by Gasteiger charge is -2.12. The maximum absolute atomic E-state index is 12.3. The highest BCUT2D eigenvalue weighted by Gasteiger charge is 2.18. The molecule has 0 atom stereocenters. The SMILES string of the molecule is COc1ccc(NS(=O)(=O)c2ccccc2C)c(O)c1. The van der Waals surface area contributed by atoms with Crippen LogP contribution in [-0.4, -0.2) is 20.6 Å². The number of aryl methyl sites for hydroxylation is 1. The molecular weight excluding hydrogens is 278 g/mol. The van der Waals surface area contributed by atoms with Crippen molar-refractivity contribution < 1.29 is 18.3 Å². The van der Waals surface area contributed by atoms with Crippen molar-refractivity contribution in [1.82, 2.24) is 0 Å². The maximum atomic E-state index is 12.3. The van der Waals surface area contributed by atoms with Crippen molar-refractivity contribution in [3.05, 3.63) is 48.0 Å². The van der Waals surface area contributed by atoms with Crippen LogP contribution in [-0.2, 0) is 10.0 Å². The highest BCUT2D eigenvalue weighted by molar-refractivity contribution is 7.92. The number of phenols is 1. The van der Waals surface area contributed by atoms with Crippen molar-refractivity contribution >= 4 is 15.7 Å². The third-order valence-electron chi connectivity index (χ3n) is 2.83. The molecule has 0 saturated heterocycles. The van der Waals surface area contributed by atoms with Crippen LogP contribution in [0, 0.1) is 6.92 Å². The Morgan fingerprint density at radius 1 is 1.15 bits per heavy atom. The Hall–Kier alpha value is -2.21. The second-order valence-corrected chi connectivity index (χ2v) is 5.90. The first-order valence-electron chi connectivity index (χ1n) is 5.89. The van der Waals surface area contributed by atoms with E-state index in [1.165, 1.54) is 25.3 Å². The number of benzene rings is 2. The van der Waals surface area contributed by atoms with Crippen LogP contribution >= 0.6 is 0 Å². The fraction of sp³-hybridized carbons (Fsp3) is 0.143. The number of hydrogen-bond donors (Lipinski definition) is 2. The van der Waals surface area contributed by atoms with Crippen LogP contribution < -0.4 is 9.46 Å². The molecule has 2 aromatic carbocycles. The fourth-order valence-electron chi connectivity index (χ4n) is 1.78. The molecule has 0 fully saturated rings. The fourth-order valence-corrected chi connectivity index (χ4v) is 3.10. The van der Waals surface area contributed by atoms with Crippen molar-refractivity contribution in [2.75, 3.05) is 11.8 Å². The lowest BCUT2D eigenvalue weighted by Crippen LogP contribution is -2.14. The Balaban J connectivity index is 2.36. The Morgan fingerprint density at radius 2 is 1.85 bits per heavy atom. The average Bonchev–Trinajstić information content (AvgIpc) is 2.41. The Bertz CT molecular complexity index is 726. The molecule has 0 radical (unpaired) electrons. The predicted molar refractivity (Wildman–Crippen MR) is 76.6 cm³/mol. The van der Waals surface area contributed by atoms with E-state index in [-0.39, 0.29) is 16.3 Å². The van der Waals surface area contributed by atoms with Crippen molar-refractivity contribution in [1.29, 1.82) is 0 Å². The Morgan fingerprint density at radius 3 is 2.45 bits per heavy atom. The molecule has 5 nitrogen and oxygen atoms in total. The van der Waals surface area contributed by atoms with Gasteiger partial charge in [0, 0.05) is 6.07 Å². The minimum absolute atomic E-state index is 0.106. The van der Waals surface area contributed by atoms with Crippen LogP contribution in [0.3, 0.4) is 0 Å². The van der Waals surface area contributed by atoms with E-state index in [2.05, 4.69) is 4.72 Å². The minimum Gasteiger partial charge on any atom is -0.506 e. The molecule has 0 amide bonds. The van der Waals surface area contributed by atoms with Crippen LogP contribution in [0.15, 0.2) is 47.4 Å². The molecule has 0 aliphatic rings. The second kappa shape index (κ2) is 5.42. The summed E-state index contributed by atoms with van der Waals surface area (Å²) in [6.07, 6.45) is 0. The number of rotatable bonds is 4. The topological polar surface area (TPSA) is 75.6 Å². The Kier molecular flexibility index (Phi) is 3.85. The average molecular weight is 293 g/mol. The molecule has 0 bridgehead atoms. The normalized spacial score (nSPS) is 11.1. The van der Waals surface area contributed by atoms with Crippen LogP contribution in [0.4, 0.5) is 5.69 Å². The minimum atomic E-state index is -3.74. The van der Waals surface area contributed by atoms with Gasteiger partial charge in [-0.05, 0) is 30.7 Å². The molecule has 0 aromatic heterocycles. The quantitative estimate of drug-likeness (QED) is 0.849. The summed E-state index contributed by atoms with van der Waals surface area (Å²) >= 11 is 0. The number of nitrogens with one attached hydrogen (secondary N) is 1. The zero-order valence-corrected chi connectivity index (χ0v) is 11.9. The standard InChI is InChI=1S/C14H15NO4S/c1-10-5-3-4-6-14(10)20(17,18)15-12-8-7-11(19-2)9-13(12)16/h3-9,15-16H,1-2H3. The number of sulfonamides is 1. The molecule has 2 rings (SSSR count). The highest BCUT2D eigenvalue weighted by atomic mass is 32.2. The van der Waals surface area contributed by atoms with Crippen LogP contribution in [0.1, 0.15) is 5.56 Å². The van der Waals surface area contributed by atoms with E-state index in [4.69, 9.17) is 4.74 Å². The first-order valence-corrected chi connectivity index (χ1v) is 7.38. The van der Waals surface area contributed by atoms with Crippen LogP contribution in [0.25, 0.3) is 0 Å². The number of methoxy groups -OCH3 is 1. The van der Waals surface area contributed by atoms with E-state index in [9.17, 15) is 13.5 Å². The summed E-state index contributed by atoms with van der Waals surface area (Å²) < 4.78 is 31.9. The molecule has 20 heavy (non-hydrogen) atoms. The molecule has 0 aliphatic carbocycles. The number of phenolic OH excluding ortho intramolecular Hbond substituents is 1. The van der Waals surface area contributed by atoms with Gasteiger partial charge in [-0.3, -0.25) is 4.72 Å². The summed E-state index contributed by atoms with van der Waals surface area (Å²) in [5.41, 5.74) is 0.738. The Labute approximate surface area is 117 Å². The largest absolute Gasteiger partial charge is 0.506 e. The van der Waals surface area contributed by atoms with Gasteiger partial charge in [0.2, 0.25) is 0 Å². The summed E-state index contributed by atoms with van der Waals surface area (Å²) in [5, 5.41) is 9.80. The van der Waals surface area contributed by atoms with Crippen molar-refractivity contribution in [3.63, 3.8) is 0 Å². The maximum Gasteiger partial charge on any atom is 0.262 e. The number of hydrogen-bond acceptors (Lipinski definition) is 4. The number of aromatic hydroxyl groups is 1. The summed E-state index contributed by atoms with van der Waals surface area (Å²) in [5.74, 6) is 0.253. The third kappa shape index (κ3) is 2.85. The second-order valence-electron chi connectivity index (χ2n) is 4.25. The first kappa shape index (κ1) is 14.2. The van der Waals surface area contributed by atoms with Gasteiger partial charge in [0.1, 0.15) is 11.5 Å². The summed E-state index contributed by atoms with van der Waals surface area (Å²) in [6, 6.07) is 11.0. The molecule has 2 aromatic rings. The summed E-state index contributed by atoms with van der Waals surface area (Å²) in [7, 11) is -2.27. The van der Waals surface area contributed by atoms with Gasteiger partial charge >= 0.3 is 0 Å². The molecule has 0 heterocycles. The monoisotopic (exact) mass is 293 g/mol. The zero-order chi connectivity index (χ0) is 14.8. The predicted octanol–water partition coefficient (Wildman–Crippen LogP) is 2.51.